The number of nitrogens with one attached hydrogen (secondary N) is 1. The summed E-state index contributed by atoms with van der Waals surface area (Å²) in [6.45, 7) is 2.85. The van der Waals surface area contributed by atoms with Gasteiger partial charge in [0.15, 0.2) is 0 Å². The Balaban J connectivity index is 1.47. The first-order valence-electron chi connectivity index (χ1n) is 12.5. The van der Waals surface area contributed by atoms with E-state index in [9.17, 15) is 17.2 Å². The summed E-state index contributed by atoms with van der Waals surface area (Å²) in [6.07, 6.45) is 6.96. The fourth-order valence-electron chi connectivity index (χ4n) is 4.54. The Bertz CT molecular complexity index is 1690. The third kappa shape index (κ3) is 6.00. The largest absolute Gasteiger partial charge is 0.480 e. The molecule has 0 spiro atoms. The minimum atomic E-state index is -4.40. The van der Waals surface area contributed by atoms with Gasteiger partial charge in [-0.05, 0) is 67.9 Å². The summed E-state index contributed by atoms with van der Waals surface area (Å²) in [5, 5.41) is 0.854. The van der Waals surface area contributed by atoms with Crippen LogP contribution in [0.1, 0.15) is 24.8 Å². The molecule has 7 nitrogen and oxygen atoms in total. The second-order valence-corrected chi connectivity index (χ2v) is 10.8. The predicted octanol–water partition coefficient (Wildman–Crippen LogP) is 5.22. The molecule has 3 heterocycles. The van der Waals surface area contributed by atoms with Crippen LogP contribution >= 0.6 is 0 Å². The number of nitrogens with zero attached hydrogens (tertiary/aromatic N) is 3. The molecule has 0 saturated carbocycles. The molecule has 0 bridgehead atoms. The minimum Gasteiger partial charge on any atom is -0.480 e. The van der Waals surface area contributed by atoms with E-state index in [4.69, 9.17) is 4.74 Å². The Morgan fingerprint density at radius 3 is 2.59 bits per heavy atom. The number of halogens is 2. The highest BCUT2D eigenvalue weighted by atomic mass is 32.2. The van der Waals surface area contributed by atoms with E-state index in [-0.39, 0.29) is 11.6 Å². The summed E-state index contributed by atoms with van der Waals surface area (Å²) in [5.41, 5.74) is 2.96. The lowest BCUT2D eigenvalue weighted by Gasteiger charge is -2.23. The highest BCUT2D eigenvalue weighted by Crippen LogP contribution is 2.32. The molecule has 2 aromatic carbocycles. The zero-order chi connectivity index (χ0) is 27.4. The maximum atomic E-state index is 14.2. The fourth-order valence-corrected chi connectivity index (χ4v) is 5.65. The molecule has 1 aliphatic heterocycles. The van der Waals surface area contributed by atoms with Crippen LogP contribution in [0.3, 0.4) is 0 Å². The maximum Gasteiger partial charge on any atom is 0.264 e. The van der Waals surface area contributed by atoms with Crippen molar-refractivity contribution in [3.63, 3.8) is 0 Å². The van der Waals surface area contributed by atoms with Gasteiger partial charge < -0.3 is 4.74 Å². The van der Waals surface area contributed by atoms with Crippen LogP contribution in [0.15, 0.2) is 65.8 Å². The van der Waals surface area contributed by atoms with Crippen LogP contribution < -0.4 is 9.46 Å². The molecule has 0 atom stereocenters. The average molecular weight is 549 g/mol. The Labute approximate surface area is 225 Å². The average Bonchev–Trinajstić information content (AvgIpc) is 2.93. The van der Waals surface area contributed by atoms with Crippen molar-refractivity contribution in [2.45, 2.75) is 24.2 Å². The van der Waals surface area contributed by atoms with Crippen molar-refractivity contribution in [2.75, 3.05) is 31.5 Å². The molecular formula is C29H26F2N4O3S. The van der Waals surface area contributed by atoms with Gasteiger partial charge in [-0.1, -0.05) is 24.3 Å². The number of ether oxygens (including phenoxy) is 1. The number of likely N-dealkylation sites (tertiary alicyclic amines) is 1. The molecule has 39 heavy (non-hydrogen) atoms. The SMILES string of the molecule is COc1ncc(-c2ccc3nccc(C#CCN4CCCCC4)c3c2)cc1NS(=O)(=O)c1ccc(F)cc1F. The first kappa shape index (κ1) is 26.5. The summed E-state index contributed by atoms with van der Waals surface area (Å²) < 4.78 is 60.9. The van der Waals surface area contributed by atoms with Crippen LogP contribution in [0.5, 0.6) is 5.88 Å². The number of methoxy groups -OCH3 is 1. The van der Waals surface area contributed by atoms with Gasteiger partial charge in [0, 0.05) is 35.0 Å². The van der Waals surface area contributed by atoms with Gasteiger partial charge in [0.05, 0.1) is 19.2 Å². The zero-order valence-corrected chi connectivity index (χ0v) is 22.1. The summed E-state index contributed by atoms with van der Waals surface area (Å²) >= 11 is 0. The zero-order valence-electron chi connectivity index (χ0n) is 21.2. The van der Waals surface area contributed by atoms with Crippen LogP contribution in [-0.2, 0) is 10.0 Å². The lowest BCUT2D eigenvalue weighted by molar-refractivity contribution is 0.255. The molecule has 0 radical (unpaired) electrons. The monoisotopic (exact) mass is 548 g/mol. The van der Waals surface area contributed by atoms with Crippen LogP contribution in [0, 0.1) is 23.5 Å². The first-order chi connectivity index (χ1) is 18.8. The molecular weight excluding hydrogens is 522 g/mol. The van der Waals surface area contributed by atoms with Crippen LogP contribution in [0.2, 0.25) is 0 Å². The second kappa shape index (κ2) is 11.4. The third-order valence-corrected chi connectivity index (χ3v) is 7.92. The van der Waals surface area contributed by atoms with Crippen molar-refractivity contribution in [2.24, 2.45) is 0 Å². The van der Waals surface area contributed by atoms with E-state index in [0.717, 1.165) is 47.3 Å². The number of hydrogen-bond donors (Lipinski definition) is 1. The third-order valence-electron chi connectivity index (χ3n) is 6.52. The summed E-state index contributed by atoms with van der Waals surface area (Å²) in [7, 11) is -3.06. The number of aromatic nitrogens is 2. The quantitative estimate of drug-likeness (QED) is 0.333. The normalized spacial score (nSPS) is 14.0. The number of fused-ring (bicyclic) bond motifs is 1. The van der Waals surface area contributed by atoms with E-state index in [2.05, 4.69) is 31.4 Å². The lowest BCUT2D eigenvalue weighted by Crippen LogP contribution is -2.29. The van der Waals surface area contributed by atoms with E-state index < -0.39 is 26.6 Å². The van der Waals surface area contributed by atoms with Gasteiger partial charge in [0.1, 0.15) is 22.2 Å². The van der Waals surface area contributed by atoms with Crippen molar-refractivity contribution in [3.8, 4) is 28.8 Å². The van der Waals surface area contributed by atoms with Crippen LogP contribution in [-0.4, -0.2) is 50.0 Å². The van der Waals surface area contributed by atoms with E-state index in [1.165, 1.54) is 26.4 Å². The molecule has 10 heteroatoms. The molecule has 0 aliphatic carbocycles. The first-order valence-corrected chi connectivity index (χ1v) is 13.9. The van der Waals surface area contributed by atoms with Gasteiger partial charge >= 0.3 is 0 Å². The smallest absolute Gasteiger partial charge is 0.264 e. The van der Waals surface area contributed by atoms with E-state index in [1.807, 2.05) is 24.3 Å². The fraction of sp³-hybridized carbons (Fsp3) is 0.241. The molecule has 5 rings (SSSR count). The standard InChI is InChI=1S/C29H26F2N4O3S/c1-38-29-27(34-39(36,37)28-10-8-23(30)18-25(28)31)17-22(19-33-29)21-7-9-26-24(16-21)20(11-12-32-26)6-5-15-35-13-3-2-4-14-35/h7-12,16-19,34H,2-4,13-15H2,1H3. The Morgan fingerprint density at radius 2 is 1.82 bits per heavy atom. The van der Waals surface area contributed by atoms with Gasteiger partial charge in [0.2, 0.25) is 5.88 Å². The van der Waals surface area contributed by atoms with Gasteiger partial charge in [0.25, 0.3) is 10.0 Å². The van der Waals surface area contributed by atoms with Gasteiger partial charge in [-0.25, -0.2) is 22.2 Å². The molecule has 4 aromatic rings. The number of pyridine rings is 2. The lowest BCUT2D eigenvalue weighted by atomic mass is 10.0. The second-order valence-electron chi connectivity index (χ2n) is 9.19. The van der Waals surface area contributed by atoms with E-state index in [1.54, 1.807) is 18.5 Å². The number of benzene rings is 2. The summed E-state index contributed by atoms with van der Waals surface area (Å²) in [4.78, 5) is 10.4. The minimum absolute atomic E-state index is 0.00318. The molecule has 0 amide bonds. The van der Waals surface area contributed by atoms with Crippen molar-refractivity contribution in [1.29, 1.82) is 0 Å². The van der Waals surface area contributed by atoms with Crippen LogP contribution in [0.4, 0.5) is 14.5 Å². The van der Waals surface area contributed by atoms with Crippen molar-refractivity contribution < 1.29 is 21.9 Å². The highest BCUT2D eigenvalue weighted by Gasteiger charge is 2.22. The van der Waals surface area contributed by atoms with Crippen molar-refractivity contribution >= 4 is 26.6 Å². The van der Waals surface area contributed by atoms with E-state index in [0.29, 0.717) is 18.2 Å². The Morgan fingerprint density at radius 1 is 1.00 bits per heavy atom. The Hall–Kier alpha value is -4.07. The van der Waals surface area contributed by atoms with Crippen molar-refractivity contribution in [3.05, 3.63) is 78.1 Å². The number of anilines is 1. The number of rotatable bonds is 6. The van der Waals surface area contributed by atoms with Crippen LogP contribution in [0.25, 0.3) is 22.0 Å². The molecule has 2 aromatic heterocycles. The molecule has 200 valence electrons. The van der Waals surface area contributed by atoms with E-state index >= 15 is 0 Å². The van der Waals surface area contributed by atoms with Gasteiger partial charge in [-0.3, -0.25) is 14.6 Å². The molecule has 1 fully saturated rings. The Kier molecular flexibility index (Phi) is 7.72. The summed E-state index contributed by atoms with van der Waals surface area (Å²) in [6, 6.07) is 11.3. The predicted molar refractivity (Wildman–Crippen MR) is 146 cm³/mol. The highest BCUT2D eigenvalue weighted by molar-refractivity contribution is 7.92. The van der Waals surface area contributed by atoms with Gasteiger partial charge in [-0.15, -0.1) is 0 Å². The maximum absolute atomic E-state index is 14.2. The number of piperidine rings is 1. The van der Waals surface area contributed by atoms with Gasteiger partial charge in [-0.2, -0.15) is 0 Å². The van der Waals surface area contributed by atoms with Crippen molar-refractivity contribution in [1.82, 2.24) is 14.9 Å². The topological polar surface area (TPSA) is 84.4 Å². The molecule has 0 unspecified atom stereocenters. The molecule has 1 N–H and O–H groups in total. The number of sulfonamides is 1. The summed E-state index contributed by atoms with van der Waals surface area (Å²) in [5.74, 6) is 4.47. The molecule has 1 saturated heterocycles. The number of hydrogen-bond acceptors (Lipinski definition) is 6. The molecule has 1 aliphatic rings.